The van der Waals surface area contributed by atoms with E-state index in [9.17, 15) is 4.79 Å². The van der Waals surface area contributed by atoms with Crippen LogP contribution in [0.4, 0.5) is 0 Å². The number of hydrogen-bond donors (Lipinski definition) is 0. The second-order valence-corrected chi connectivity index (χ2v) is 4.91. The Morgan fingerprint density at radius 3 is 2.87 bits per heavy atom. The molecule has 0 amide bonds. The second kappa shape index (κ2) is 5.29. The van der Waals surface area contributed by atoms with Crippen molar-refractivity contribution in [1.82, 2.24) is 0 Å². The van der Waals surface area contributed by atoms with E-state index in [0.29, 0.717) is 17.3 Å². The van der Waals surface area contributed by atoms with E-state index in [1.54, 1.807) is 6.08 Å². The van der Waals surface area contributed by atoms with E-state index in [4.69, 9.17) is 0 Å². The summed E-state index contributed by atoms with van der Waals surface area (Å²) in [7, 11) is 0. The predicted octanol–water partition coefficient (Wildman–Crippen LogP) is 3.76. The lowest BCUT2D eigenvalue weighted by Gasteiger charge is -2.41. The molecule has 3 unspecified atom stereocenters. The summed E-state index contributed by atoms with van der Waals surface area (Å²) in [6.45, 7) is 6.91. The zero-order valence-corrected chi connectivity index (χ0v) is 10.1. The molecule has 1 nitrogen and oxygen atoms in total. The quantitative estimate of drug-likeness (QED) is 0.389. The molecular weight excluding hydrogens is 184 g/mol. The van der Waals surface area contributed by atoms with Crippen molar-refractivity contribution in [3.63, 3.8) is 0 Å². The number of carbonyl (C=O) groups excluding carboxylic acids is 1. The lowest BCUT2D eigenvalue weighted by molar-refractivity contribution is -0.104. The summed E-state index contributed by atoms with van der Waals surface area (Å²) in [6.07, 6.45) is 12.5. The van der Waals surface area contributed by atoms with Crippen molar-refractivity contribution in [2.75, 3.05) is 0 Å². The molecule has 0 radical (unpaired) electrons. The van der Waals surface area contributed by atoms with Crippen molar-refractivity contribution in [2.45, 2.75) is 40.0 Å². The van der Waals surface area contributed by atoms with Crippen LogP contribution in [0.5, 0.6) is 0 Å². The molecule has 0 aliphatic heterocycles. The van der Waals surface area contributed by atoms with Crippen LogP contribution < -0.4 is 0 Å². The maximum atomic E-state index is 10.3. The summed E-state index contributed by atoms with van der Waals surface area (Å²) in [4.78, 5) is 10.3. The summed E-state index contributed by atoms with van der Waals surface area (Å²) < 4.78 is 0. The van der Waals surface area contributed by atoms with Crippen molar-refractivity contribution in [1.29, 1.82) is 0 Å². The van der Waals surface area contributed by atoms with Crippen molar-refractivity contribution >= 4 is 6.29 Å². The maximum Gasteiger partial charge on any atom is 0.142 e. The number of hydrogen-bond acceptors (Lipinski definition) is 1. The molecule has 0 N–H and O–H groups in total. The number of carbonyl (C=O) groups is 1. The first-order chi connectivity index (χ1) is 7.14. The fourth-order valence-electron chi connectivity index (χ4n) is 2.66. The molecular formula is C14H22O. The van der Waals surface area contributed by atoms with Crippen LogP contribution in [0.15, 0.2) is 24.3 Å². The SMILES string of the molecule is CCC1(C)CC=CC(C)C1CC=CC=O. The largest absolute Gasteiger partial charge is 0.299 e. The van der Waals surface area contributed by atoms with Crippen LogP contribution in [0.25, 0.3) is 0 Å². The van der Waals surface area contributed by atoms with Crippen LogP contribution in [-0.2, 0) is 4.79 Å². The third-order valence-electron chi connectivity index (χ3n) is 3.97. The van der Waals surface area contributed by atoms with Crippen LogP contribution in [0, 0.1) is 17.3 Å². The van der Waals surface area contributed by atoms with Gasteiger partial charge in [-0.3, -0.25) is 4.79 Å². The molecule has 1 rings (SSSR count). The standard InChI is InChI=1S/C14H22O/c1-4-14(3)10-7-8-12(2)13(14)9-5-6-11-15/h5-8,11-13H,4,9-10H2,1-3H3. The van der Waals surface area contributed by atoms with Gasteiger partial charge in [-0.15, -0.1) is 0 Å². The van der Waals surface area contributed by atoms with Crippen LogP contribution in [-0.4, -0.2) is 6.29 Å². The molecule has 3 atom stereocenters. The molecule has 0 aromatic rings. The third-order valence-corrected chi connectivity index (χ3v) is 3.97. The van der Waals surface area contributed by atoms with Gasteiger partial charge in [-0.25, -0.2) is 0 Å². The van der Waals surface area contributed by atoms with E-state index in [1.165, 1.54) is 12.8 Å². The van der Waals surface area contributed by atoms with Gasteiger partial charge in [0.25, 0.3) is 0 Å². The molecule has 0 bridgehead atoms. The lowest BCUT2D eigenvalue weighted by atomic mass is 9.63. The summed E-state index contributed by atoms with van der Waals surface area (Å²) >= 11 is 0. The van der Waals surface area contributed by atoms with E-state index in [1.807, 2.05) is 6.08 Å². The Morgan fingerprint density at radius 2 is 2.27 bits per heavy atom. The summed E-state index contributed by atoms with van der Waals surface area (Å²) in [6, 6.07) is 0. The van der Waals surface area contributed by atoms with Crippen molar-refractivity contribution < 1.29 is 4.79 Å². The average Bonchev–Trinajstić information content (AvgIpc) is 2.23. The second-order valence-electron chi connectivity index (χ2n) is 4.91. The number of allylic oxidation sites excluding steroid dienone is 4. The van der Waals surface area contributed by atoms with Crippen LogP contribution in [0.1, 0.15) is 40.0 Å². The minimum Gasteiger partial charge on any atom is -0.299 e. The molecule has 84 valence electrons. The minimum absolute atomic E-state index is 0.404. The Labute approximate surface area is 93.3 Å². The van der Waals surface area contributed by atoms with E-state index in [-0.39, 0.29) is 0 Å². The third kappa shape index (κ3) is 2.80. The topological polar surface area (TPSA) is 17.1 Å². The first-order valence-corrected chi connectivity index (χ1v) is 5.91. The highest BCUT2D eigenvalue weighted by atomic mass is 16.1. The molecule has 1 aliphatic rings. The van der Waals surface area contributed by atoms with Gasteiger partial charge in [0.05, 0.1) is 0 Å². The summed E-state index contributed by atoms with van der Waals surface area (Å²) in [5.74, 6) is 1.30. The van der Waals surface area contributed by atoms with E-state index in [0.717, 1.165) is 12.7 Å². The van der Waals surface area contributed by atoms with Gasteiger partial charge in [0.2, 0.25) is 0 Å². The molecule has 1 heteroatoms. The molecule has 0 aromatic heterocycles. The monoisotopic (exact) mass is 206 g/mol. The van der Waals surface area contributed by atoms with Gasteiger partial charge < -0.3 is 0 Å². The van der Waals surface area contributed by atoms with Gasteiger partial charge >= 0.3 is 0 Å². The smallest absolute Gasteiger partial charge is 0.142 e. The Balaban J connectivity index is 2.75. The van der Waals surface area contributed by atoms with Gasteiger partial charge in [0, 0.05) is 0 Å². The Morgan fingerprint density at radius 1 is 1.53 bits per heavy atom. The van der Waals surface area contributed by atoms with Crippen molar-refractivity contribution in [3.8, 4) is 0 Å². The normalized spacial score (nSPS) is 35.9. The fourth-order valence-corrected chi connectivity index (χ4v) is 2.66. The molecule has 15 heavy (non-hydrogen) atoms. The van der Waals surface area contributed by atoms with E-state index < -0.39 is 0 Å². The lowest BCUT2D eigenvalue weighted by Crippen LogP contribution is -2.32. The average molecular weight is 206 g/mol. The Kier molecular flexibility index (Phi) is 4.31. The van der Waals surface area contributed by atoms with Gasteiger partial charge in [-0.1, -0.05) is 45.4 Å². The zero-order valence-electron chi connectivity index (χ0n) is 10.1. The zero-order chi connectivity index (χ0) is 11.3. The molecule has 0 spiro atoms. The summed E-state index contributed by atoms with van der Waals surface area (Å²) in [5.41, 5.74) is 0.404. The van der Waals surface area contributed by atoms with Gasteiger partial charge in [0.1, 0.15) is 6.29 Å². The van der Waals surface area contributed by atoms with Crippen LogP contribution in [0.2, 0.25) is 0 Å². The molecule has 0 heterocycles. The number of rotatable bonds is 4. The highest BCUT2D eigenvalue weighted by Crippen LogP contribution is 2.45. The Hall–Kier alpha value is -0.850. The minimum atomic E-state index is 0.404. The van der Waals surface area contributed by atoms with Crippen LogP contribution >= 0.6 is 0 Å². The summed E-state index contributed by atoms with van der Waals surface area (Å²) in [5, 5.41) is 0. The molecule has 0 saturated carbocycles. The first-order valence-electron chi connectivity index (χ1n) is 5.91. The molecule has 0 fully saturated rings. The highest BCUT2D eigenvalue weighted by Gasteiger charge is 2.35. The van der Waals surface area contributed by atoms with Gasteiger partial charge in [-0.2, -0.15) is 0 Å². The van der Waals surface area contributed by atoms with Crippen molar-refractivity contribution in [2.24, 2.45) is 17.3 Å². The number of aldehydes is 1. The predicted molar refractivity (Wildman–Crippen MR) is 64.6 cm³/mol. The fraction of sp³-hybridized carbons (Fsp3) is 0.643. The highest BCUT2D eigenvalue weighted by molar-refractivity contribution is 5.64. The van der Waals surface area contributed by atoms with E-state index in [2.05, 4.69) is 32.9 Å². The molecule has 0 saturated heterocycles. The Bertz CT molecular complexity index is 265. The first kappa shape index (κ1) is 12.2. The van der Waals surface area contributed by atoms with Crippen molar-refractivity contribution in [3.05, 3.63) is 24.3 Å². The molecule has 1 aliphatic carbocycles. The maximum absolute atomic E-state index is 10.3. The van der Waals surface area contributed by atoms with E-state index >= 15 is 0 Å². The van der Waals surface area contributed by atoms with Gasteiger partial charge in [0.15, 0.2) is 0 Å². The van der Waals surface area contributed by atoms with Crippen LogP contribution in [0.3, 0.4) is 0 Å². The molecule has 0 aromatic carbocycles. The van der Waals surface area contributed by atoms with Gasteiger partial charge in [-0.05, 0) is 36.2 Å².